The van der Waals surface area contributed by atoms with Crippen molar-refractivity contribution in [2.75, 3.05) is 78.7 Å². The molecule has 0 aliphatic carbocycles. The number of pyridine rings is 1. The number of aromatic amines is 1. The number of aromatic nitrogens is 3. The van der Waals surface area contributed by atoms with Crippen LogP contribution in [-0.2, 0) is 14.3 Å². The molecule has 0 unspecified atom stereocenters. The van der Waals surface area contributed by atoms with Crippen LogP contribution in [0.15, 0.2) is 30.3 Å². The highest BCUT2D eigenvalue weighted by atomic mass is 35.5. The summed E-state index contributed by atoms with van der Waals surface area (Å²) in [6, 6.07) is 9.55. The molecule has 7 rings (SSSR count). The van der Waals surface area contributed by atoms with Crippen molar-refractivity contribution in [2.45, 2.75) is 37.3 Å². The number of benzene rings is 1. The third-order valence-corrected chi connectivity index (χ3v) is 9.56. The number of amides is 1. The van der Waals surface area contributed by atoms with Crippen LogP contribution in [0.5, 0.6) is 11.8 Å². The fourth-order valence-electron chi connectivity index (χ4n) is 6.76. The van der Waals surface area contributed by atoms with E-state index in [1.807, 2.05) is 24.3 Å². The van der Waals surface area contributed by atoms with Gasteiger partial charge in [0.1, 0.15) is 30.7 Å². The van der Waals surface area contributed by atoms with Crippen LogP contribution in [0.4, 0.5) is 0 Å². The van der Waals surface area contributed by atoms with E-state index in [9.17, 15) is 9.90 Å². The number of H-pyrrole nitrogens is 1. The van der Waals surface area contributed by atoms with Crippen molar-refractivity contribution in [1.82, 2.24) is 35.4 Å². The molecule has 0 radical (unpaired) electrons. The second-order valence-corrected chi connectivity index (χ2v) is 13.0. The third kappa shape index (κ3) is 7.41. The van der Waals surface area contributed by atoms with Crippen LogP contribution in [-0.4, -0.2) is 139 Å². The Morgan fingerprint density at radius 3 is 2.63 bits per heavy atom. The number of hydrogen-bond acceptors (Lipinski definition) is 11. The number of piperazine rings is 1. The van der Waals surface area contributed by atoms with Gasteiger partial charge in [0.15, 0.2) is 11.8 Å². The minimum atomic E-state index is -0.647. The van der Waals surface area contributed by atoms with Crippen molar-refractivity contribution in [2.24, 2.45) is 5.92 Å². The number of fused-ring (bicyclic) bond motifs is 2. The van der Waals surface area contributed by atoms with Crippen LogP contribution < -0.4 is 20.1 Å². The predicted molar refractivity (Wildman–Crippen MR) is 171 cm³/mol. The standard InChI is InChI=1S/C32H42ClN7O6/c33-23-15-24-31(38-32(36-24)46-26-19-45-29-25(41)18-44-30(26)29)37-28(23)21-1-3-22(4-2-21)43-14-9-35-27(42)17-39-10-5-20(6-11-39)16-40-12-7-34-8-13-40/h1-4,15,20,25-26,29-30,34,41H,5-14,16-19H2,(H,35,42)(H,36,37,38)/t25-,26-,29-,30-/m1/s1. The highest BCUT2D eigenvalue weighted by Crippen LogP contribution is 2.32. The predicted octanol–water partition coefficient (Wildman–Crippen LogP) is 1.30. The first kappa shape index (κ1) is 31.6. The molecule has 1 amide bonds. The average Bonchev–Trinajstić information content (AvgIpc) is 3.77. The van der Waals surface area contributed by atoms with Crippen LogP contribution in [0.25, 0.3) is 22.4 Å². The zero-order chi connectivity index (χ0) is 31.5. The van der Waals surface area contributed by atoms with Gasteiger partial charge in [-0.3, -0.25) is 9.69 Å². The van der Waals surface area contributed by atoms with E-state index < -0.39 is 6.10 Å². The van der Waals surface area contributed by atoms with Crippen LogP contribution in [0.3, 0.4) is 0 Å². The summed E-state index contributed by atoms with van der Waals surface area (Å²) in [7, 11) is 0. The van der Waals surface area contributed by atoms with E-state index in [4.69, 9.17) is 30.5 Å². The van der Waals surface area contributed by atoms with E-state index in [1.54, 1.807) is 6.07 Å². The number of piperidine rings is 1. The van der Waals surface area contributed by atoms with Crippen molar-refractivity contribution in [3.05, 3.63) is 35.4 Å². The molecular weight excluding hydrogens is 614 g/mol. The lowest BCUT2D eigenvalue weighted by Crippen LogP contribution is -2.47. The van der Waals surface area contributed by atoms with Gasteiger partial charge in [0.25, 0.3) is 6.01 Å². The molecule has 4 fully saturated rings. The first-order valence-corrected chi connectivity index (χ1v) is 16.7. The number of rotatable bonds is 11. The first-order chi connectivity index (χ1) is 22.5. The lowest BCUT2D eigenvalue weighted by molar-refractivity contribution is -0.122. The Hall–Kier alpha value is -3.04. The number of halogens is 1. The SMILES string of the molecule is O=C(CN1CCC(CN2CCNCC2)CC1)NCCOc1ccc(-c2nc3nc(O[C@@H]4CO[C@H]5[C@@H]4OC[C@H]5O)[nH]c3cc2Cl)cc1. The number of aliphatic hydroxyl groups is 1. The molecule has 4 aliphatic heterocycles. The highest BCUT2D eigenvalue weighted by molar-refractivity contribution is 6.33. The second-order valence-electron chi connectivity index (χ2n) is 12.5. The summed E-state index contributed by atoms with van der Waals surface area (Å²) in [4.78, 5) is 29.6. The van der Waals surface area contributed by atoms with Gasteiger partial charge in [-0.1, -0.05) is 11.6 Å². The van der Waals surface area contributed by atoms with Gasteiger partial charge >= 0.3 is 0 Å². The molecule has 0 saturated carbocycles. The minimum absolute atomic E-state index is 0.0361. The van der Waals surface area contributed by atoms with E-state index in [0.29, 0.717) is 53.9 Å². The number of nitrogens with zero attached hydrogens (tertiary/aromatic N) is 4. The fraction of sp³-hybridized carbons (Fsp3) is 0.594. The maximum absolute atomic E-state index is 12.5. The lowest BCUT2D eigenvalue weighted by atomic mass is 9.96. The summed E-state index contributed by atoms with van der Waals surface area (Å²) >= 11 is 6.60. The first-order valence-electron chi connectivity index (χ1n) is 16.3. The van der Waals surface area contributed by atoms with Crippen LogP contribution >= 0.6 is 11.6 Å². The molecule has 0 bridgehead atoms. The number of likely N-dealkylation sites (tertiary alicyclic amines) is 1. The van der Waals surface area contributed by atoms with Gasteiger partial charge < -0.3 is 44.6 Å². The molecular formula is C32H42ClN7O6. The normalized spacial score (nSPS) is 26.0. The smallest absolute Gasteiger partial charge is 0.296 e. The molecule has 4 aliphatic rings. The van der Waals surface area contributed by atoms with Gasteiger partial charge in [-0.2, -0.15) is 4.98 Å². The molecule has 2 aromatic heterocycles. The van der Waals surface area contributed by atoms with Crippen molar-refractivity contribution in [3.63, 3.8) is 0 Å². The number of imidazole rings is 1. The molecule has 4 saturated heterocycles. The van der Waals surface area contributed by atoms with Crippen LogP contribution in [0, 0.1) is 5.92 Å². The third-order valence-electron chi connectivity index (χ3n) is 9.27. The highest BCUT2D eigenvalue weighted by Gasteiger charge is 2.48. The largest absolute Gasteiger partial charge is 0.492 e. The van der Waals surface area contributed by atoms with E-state index in [2.05, 4.69) is 35.4 Å². The molecule has 4 N–H and O–H groups in total. The topological polar surface area (TPSA) is 146 Å². The van der Waals surface area contributed by atoms with Gasteiger partial charge in [-0.25, -0.2) is 4.98 Å². The minimum Gasteiger partial charge on any atom is -0.492 e. The molecule has 0 spiro atoms. The number of nitrogens with one attached hydrogen (secondary N) is 3. The Labute approximate surface area is 272 Å². The van der Waals surface area contributed by atoms with E-state index >= 15 is 0 Å². The Morgan fingerprint density at radius 1 is 1.04 bits per heavy atom. The molecule has 3 aromatic rings. The van der Waals surface area contributed by atoms with Crippen molar-refractivity contribution in [1.29, 1.82) is 0 Å². The number of carbonyl (C=O) groups is 1. The zero-order valence-corrected chi connectivity index (χ0v) is 26.6. The summed E-state index contributed by atoms with van der Waals surface area (Å²) in [5.74, 6) is 1.46. The maximum atomic E-state index is 12.5. The Morgan fingerprint density at radius 2 is 1.83 bits per heavy atom. The monoisotopic (exact) mass is 655 g/mol. The molecule has 6 heterocycles. The Bertz CT molecular complexity index is 1480. The number of aliphatic hydroxyl groups excluding tert-OH is 1. The fourth-order valence-corrected chi connectivity index (χ4v) is 7.02. The van der Waals surface area contributed by atoms with Crippen LogP contribution in [0.1, 0.15) is 12.8 Å². The number of ether oxygens (including phenoxy) is 4. The molecule has 14 heteroatoms. The second kappa shape index (κ2) is 14.4. The Kier molecular flexibility index (Phi) is 9.87. The van der Waals surface area contributed by atoms with Gasteiger partial charge in [0, 0.05) is 38.3 Å². The van der Waals surface area contributed by atoms with Gasteiger partial charge in [-0.15, -0.1) is 0 Å². The van der Waals surface area contributed by atoms with Crippen molar-refractivity contribution < 1.29 is 28.8 Å². The summed E-state index contributed by atoms with van der Waals surface area (Å²) in [6.45, 7) is 9.38. The van der Waals surface area contributed by atoms with E-state index in [1.165, 1.54) is 6.54 Å². The number of carbonyl (C=O) groups excluding carboxylic acids is 1. The summed E-state index contributed by atoms with van der Waals surface area (Å²) in [5, 5.41) is 16.8. The summed E-state index contributed by atoms with van der Waals surface area (Å²) in [6.07, 6.45) is 0.556. The van der Waals surface area contributed by atoms with Crippen LogP contribution in [0.2, 0.25) is 5.02 Å². The molecule has 1 aromatic carbocycles. The maximum Gasteiger partial charge on any atom is 0.296 e. The summed E-state index contributed by atoms with van der Waals surface area (Å²) < 4.78 is 23.1. The van der Waals surface area contributed by atoms with Crippen molar-refractivity contribution >= 4 is 28.7 Å². The van der Waals surface area contributed by atoms with Gasteiger partial charge in [0.05, 0.1) is 42.5 Å². The van der Waals surface area contributed by atoms with E-state index in [-0.39, 0.29) is 36.8 Å². The lowest BCUT2D eigenvalue weighted by Gasteiger charge is -2.36. The molecule has 46 heavy (non-hydrogen) atoms. The average molecular weight is 656 g/mol. The van der Waals surface area contributed by atoms with Gasteiger partial charge in [0.2, 0.25) is 5.91 Å². The van der Waals surface area contributed by atoms with Crippen molar-refractivity contribution in [3.8, 4) is 23.0 Å². The quantitative estimate of drug-likeness (QED) is 0.222. The Balaban J connectivity index is 0.845. The van der Waals surface area contributed by atoms with Gasteiger partial charge in [-0.05, 0) is 62.2 Å². The van der Waals surface area contributed by atoms with E-state index in [0.717, 1.165) is 63.6 Å². The zero-order valence-electron chi connectivity index (χ0n) is 25.8. The molecule has 248 valence electrons. The number of hydrogen-bond donors (Lipinski definition) is 4. The summed E-state index contributed by atoms with van der Waals surface area (Å²) in [5.41, 5.74) is 2.51. The molecule has 4 atom stereocenters. The molecule has 13 nitrogen and oxygen atoms in total.